The van der Waals surface area contributed by atoms with Crippen molar-refractivity contribution in [2.24, 2.45) is 17.3 Å². The second-order valence-corrected chi connectivity index (χ2v) is 7.89. The highest BCUT2D eigenvalue weighted by atomic mass is 15.1. The lowest BCUT2D eigenvalue weighted by molar-refractivity contribution is 0.152. The van der Waals surface area contributed by atoms with E-state index < -0.39 is 0 Å². The molecule has 2 rings (SSSR count). The smallest absolute Gasteiger partial charge is 0.00445 e. The van der Waals surface area contributed by atoms with Crippen LogP contribution in [0.1, 0.15) is 65.7 Å². The predicted octanol–water partition coefficient (Wildman–Crippen LogP) is 4.88. The van der Waals surface area contributed by atoms with Crippen LogP contribution in [-0.2, 0) is 0 Å². The van der Waals surface area contributed by atoms with Crippen molar-refractivity contribution < 1.29 is 0 Å². The van der Waals surface area contributed by atoms with Crippen molar-refractivity contribution in [1.29, 1.82) is 0 Å². The maximum atomic E-state index is 2.75. The van der Waals surface area contributed by atoms with Gasteiger partial charge < -0.3 is 4.90 Å². The number of piperidine rings is 1. The van der Waals surface area contributed by atoms with Crippen molar-refractivity contribution in [2.75, 3.05) is 19.6 Å². The summed E-state index contributed by atoms with van der Waals surface area (Å²) in [4.78, 5) is 2.75. The maximum absolute atomic E-state index is 2.75. The third-order valence-electron chi connectivity index (χ3n) is 4.65. The molecule has 0 amide bonds. The zero-order valence-corrected chi connectivity index (χ0v) is 13.3. The number of allylic oxidation sites excluding steroid dienone is 1. The number of hydrogen-bond acceptors (Lipinski definition) is 1. The van der Waals surface area contributed by atoms with Gasteiger partial charge in [-0.2, -0.15) is 0 Å². The lowest BCUT2D eigenvalue weighted by atomic mass is 9.87. The van der Waals surface area contributed by atoms with Gasteiger partial charge in [0.2, 0.25) is 0 Å². The van der Waals surface area contributed by atoms with E-state index in [-0.39, 0.29) is 0 Å². The van der Waals surface area contributed by atoms with Crippen LogP contribution in [0.4, 0.5) is 0 Å². The molecule has 0 aromatic carbocycles. The van der Waals surface area contributed by atoms with E-state index in [1.807, 2.05) is 0 Å². The van der Waals surface area contributed by atoms with Gasteiger partial charge in [0.15, 0.2) is 0 Å². The summed E-state index contributed by atoms with van der Waals surface area (Å²) >= 11 is 0. The molecule has 0 radical (unpaired) electrons. The van der Waals surface area contributed by atoms with Crippen LogP contribution in [0.5, 0.6) is 0 Å². The second kappa shape index (κ2) is 6.92. The molecule has 2 aliphatic rings. The Balaban J connectivity index is 1.78. The average molecular weight is 263 g/mol. The van der Waals surface area contributed by atoms with E-state index in [0.29, 0.717) is 5.41 Å². The molecular formula is C18H33N. The number of hydrogen-bond donors (Lipinski definition) is 0. The summed E-state index contributed by atoms with van der Waals surface area (Å²) in [5.41, 5.74) is 0.339. The fourth-order valence-corrected chi connectivity index (χ4v) is 3.57. The van der Waals surface area contributed by atoms with Gasteiger partial charge in [-0.1, -0.05) is 52.2 Å². The SMILES string of the molecule is CC(C)(C)/C=C/C1CCCN(CC2CCCCC2)C1. The van der Waals surface area contributed by atoms with Gasteiger partial charge in [0, 0.05) is 13.1 Å². The van der Waals surface area contributed by atoms with Crippen molar-refractivity contribution in [2.45, 2.75) is 65.7 Å². The molecule has 2 fully saturated rings. The van der Waals surface area contributed by atoms with Crippen LogP contribution in [0.3, 0.4) is 0 Å². The standard InChI is InChI=1S/C18H33N/c1-18(2,3)12-11-17-10-7-13-19(15-17)14-16-8-5-4-6-9-16/h11-12,16-17H,4-10,13-15H2,1-3H3/b12-11+. The van der Waals surface area contributed by atoms with E-state index in [1.54, 1.807) is 0 Å². The first-order valence-corrected chi connectivity index (χ1v) is 8.45. The normalized spacial score (nSPS) is 28.1. The van der Waals surface area contributed by atoms with Gasteiger partial charge in [-0.15, -0.1) is 0 Å². The molecule has 0 aromatic heterocycles. The Kier molecular flexibility index (Phi) is 5.50. The van der Waals surface area contributed by atoms with E-state index in [1.165, 1.54) is 64.6 Å². The van der Waals surface area contributed by atoms with Gasteiger partial charge in [0.1, 0.15) is 0 Å². The molecule has 1 unspecified atom stereocenters. The molecule has 0 aromatic rings. The molecule has 1 saturated carbocycles. The maximum Gasteiger partial charge on any atom is 0.00445 e. The third kappa shape index (κ3) is 5.69. The Hall–Kier alpha value is -0.300. The Morgan fingerprint density at radius 3 is 2.42 bits per heavy atom. The summed E-state index contributed by atoms with van der Waals surface area (Å²) in [6, 6.07) is 0. The lowest BCUT2D eigenvalue weighted by Crippen LogP contribution is -2.38. The molecule has 1 atom stereocenters. The third-order valence-corrected chi connectivity index (χ3v) is 4.65. The minimum atomic E-state index is 0.339. The van der Waals surface area contributed by atoms with E-state index >= 15 is 0 Å². The molecule has 0 spiro atoms. The molecule has 1 aliphatic carbocycles. The fourth-order valence-electron chi connectivity index (χ4n) is 3.57. The van der Waals surface area contributed by atoms with Crippen LogP contribution in [0.2, 0.25) is 0 Å². The van der Waals surface area contributed by atoms with Crippen LogP contribution in [-0.4, -0.2) is 24.5 Å². The summed E-state index contributed by atoms with van der Waals surface area (Å²) in [5.74, 6) is 1.80. The molecule has 1 heterocycles. The topological polar surface area (TPSA) is 3.24 Å². The molecule has 110 valence electrons. The van der Waals surface area contributed by atoms with Gasteiger partial charge in [0.05, 0.1) is 0 Å². The Labute approximate surface area is 120 Å². The van der Waals surface area contributed by atoms with E-state index in [9.17, 15) is 0 Å². The summed E-state index contributed by atoms with van der Waals surface area (Å²) in [6.07, 6.45) is 15.1. The van der Waals surface area contributed by atoms with Crippen molar-refractivity contribution in [3.05, 3.63) is 12.2 Å². The molecule has 1 aliphatic heterocycles. The molecule has 0 bridgehead atoms. The summed E-state index contributed by atoms with van der Waals surface area (Å²) in [6.45, 7) is 10.9. The van der Waals surface area contributed by atoms with E-state index in [4.69, 9.17) is 0 Å². The van der Waals surface area contributed by atoms with E-state index in [2.05, 4.69) is 37.8 Å². The summed E-state index contributed by atoms with van der Waals surface area (Å²) in [5, 5.41) is 0. The molecular weight excluding hydrogens is 230 g/mol. The monoisotopic (exact) mass is 263 g/mol. The van der Waals surface area contributed by atoms with Crippen LogP contribution in [0, 0.1) is 17.3 Å². The zero-order valence-electron chi connectivity index (χ0n) is 13.3. The first-order chi connectivity index (χ1) is 9.03. The average Bonchev–Trinajstić information content (AvgIpc) is 2.37. The first kappa shape index (κ1) is 15.1. The van der Waals surface area contributed by atoms with Crippen LogP contribution >= 0.6 is 0 Å². The second-order valence-electron chi connectivity index (χ2n) is 7.89. The first-order valence-electron chi connectivity index (χ1n) is 8.45. The van der Waals surface area contributed by atoms with Gasteiger partial charge >= 0.3 is 0 Å². The summed E-state index contributed by atoms with van der Waals surface area (Å²) < 4.78 is 0. The van der Waals surface area contributed by atoms with E-state index in [0.717, 1.165) is 11.8 Å². The number of rotatable bonds is 3. The highest BCUT2D eigenvalue weighted by Gasteiger charge is 2.22. The molecule has 0 N–H and O–H groups in total. The molecule has 1 heteroatoms. The minimum Gasteiger partial charge on any atom is -0.302 e. The van der Waals surface area contributed by atoms with Crippen molar-refractivity contribution in [1.82, 2.24) is 4.90 Å². The fraction of sp³-hybridized carbons (Fsp3) is 0.889. The highest BCUT2D eigenvalue weighted by molar-refractivity contribution is 4.98. The van der Waals surface area contributed by atoms with Crippen LogP contribution in [0.25, 0.3) is 0 Å². The molecule has 19 heavy (non-hydrogen) atoms. The van der Waals surface area contributed by atoms with Crippen molar-refractivity contribution in [3.63, 3.8) is 0 Å². The Morgan fingerprint density at radius 1 is 1.00 bits per heavy atom. The largest absolute Gasteiger partial charge is 0.302 e. The highest BCUT2D eigenvalue weighted by Crippen LogP contribution is 2.27. The quantitative estimate of drug-likeness (QED) is 0.656. The van der Waals surface area contributed by atoms with Crippen LogP contribution in [0.15, 0.2) is 12.2 Å². The predicted molar refractivity (Wildman–Crippen MR) is 84.3 cm³/mol. The van der Waals surface area contributed by atoms with Crippen LogP contribution < -0.4 is 0 Å². The number of likely N-dealkylation sites (tertiary alicyclic amines) is 1. The van der Waals surface area contributed by atoms with Gasteiger partial charge in [-0.25, -0.2) is 0 Å². The summed E-state index contributed by atoms with van der Waals surface area (Å²) in [7, 11) is 0. The Morgan fingerprint density at radius 2 is 1.74 bits per heavy atom. The zero-order chi connectivity index (χ0) is 13.7. The van der Waals surface area contributed by atoms with Crippen molar-refractivity contribution >= 4 is 0 Å². The molecule has 1 nitrogen and oxygen atoms in total. The van der Waals surface area contributed by atoms with Crippen molar-refractivity contribution in [3.8, 4) is 0 Å². The number of nitrogens with zero attached hydrogens (tertiary/aromatic N) is 1. The minimum absolute atomic E-state index is 0.339. The Bertz CT molecular complexity index is 281. The van der Waals surface area contributed by atoms with Gasteiger partial charge in [-0.3, -0.25) is 0 Å². The van der Waals surface area contributed by atoms with Gasteiger partial charge in [0.25, 0.3) is 0 Å². The van der Waals surface area contributed by atoms with Gasteiger partial charge in [-0.05, 0) is 49.5 Å². The lowest BCUT2D eigenvalue weighted by Gasteiger charge is -2.35. The molecule has 1 saturated heterocycles.